The van der Waals surface area contributed by atoms with Crippen molar-refractivity contribution in [3.05, 3.63) is 61.9 Å². The van der Waals surface area contributed by atoms with Crippen molar-refractivity contribution in [1.29, 1.82) is 0 Å². The minimum atomic E-state index is -4.11. The lowest BCUT2D eigenvalue weighted by Crippen LogP contribution is -2.42. The molecule has 142 valence electrons. The maximum Gasteiger partial charge on any atom is 0.330 e. The first kappa shape index (κ1) is 20.4. The largest absolute Gasteiger partial charge is 0.330 e. The van der Waals surface area contributed by atoms with Gasteiger partial charge in [-0.05, 0) is 25.7 Å². The smallest absolute Gasteiger partial charge is 0.302 e. The predicted molar refractivity (Wildman–Crippen MR) is 100.0 cm³/mol. The Hall–Kier alpha value is -1.94. The molecule has 0 fully saturated rings. The standard InChI is InChI=1S/C16H21ClN4O4S/c1-19(2)13(11-7-5-6-8-12(11)17)9-18-26(24,25)14-10-20(3)16(23)21(4)15(14)22/h5-8,10,13,18H,9H2,1-4H3. The van der Waals surface area contributed by atoms with E-state index in [4.69, 9.17) is 11.6 Å². The van der Waals surface area contributed by atoms with E-state index in [-0.39, 0.29) is 12.6 Å². The minimum Gasteiger partial charge on any atom is -0.302 e. The van der Waals surface area contributed by atoms with E-state index in [2.05, 4.69) is 4.72 Å². The minimum absolute atomic E-state index is 0.00502. The number of hydrogen-bond acceptors (Lipinski definition) is 5. The van der Waals surface area contributed by atoms with Crippen molar-refractivity contribution in [1.82, 2.24) is 18.8 Å². The number of nitrogens with zero attached hydrogens (tertiary/aromatic N) is 3. The molecule has 26 heavy (non-hydrogen) atoms. The highest BCUT2D eigenvalue weighted by atomic mass is 35.5. The lowest BCUT2D eigenvalue weighted by Gasteiger charge is -2.25. The molecule has 0 aliphatic carbocycles. The van der Waals surface area contributed by atoms with E-state index in [9.17, 15) is 18.0 Å². The number of benzene rings is 1. The number of hydrogen-bond donors (Lipinski definition) is 1. The summed E-state index contributed by atoms with van der Waals surface area (Å²) in [6.07, 6.45) is 1.02. The third-order valence-electron chi connectivity index (χ3n) is 4.06. The van der Waals surface area contributed by atoms with Gasteiger partial charge < -0.3 is 9.47 Å². The van der Waals surface area contributed by atoms with Crippen LogP contribution in [0.15, 0.2) is 44.9 Å². The van der Waals surface area contributed by atoms with Gasteiger partial charge in [0.05, 0.1) is 0 Å². The Morgan fingerprint density at radius 1 is 1.19 bits per heavy atom. The van der Waals surface area contributed by atoms with Crippen LogP contribution in [0.4, 0.5) is 0 Å². The molecule has 2 aromatic rings. The average molecular weight is 401 g/mol. The molecule has 0 aliphatic rings. The second-order valence-electron chi connectivity index (χ2n) is 6.10. The van der Waals surface area contributed by atoms with Gasteiger partial charge in [0.15, 0.2) is 4.90 Å². The summed E-state index contributed by atoms with van der Waals surface area (Å²) in [4.78, 5) is 25.3. The van der Waals surface area contributed by atoms with Crippen molar-refractivity contribution < 1.29 is 8.42 Å². The van der Waals surface area contributed by atoms with Gasteiger partial charge >= 0.3 is 5.69 Å². The van der Waals surface area contributed by atoms with Gasteiger partial charge in [0.25, 0.3) is 5.56 Å². The van der Waals surface area contributed by atoms with Crippen LogP contribution in [-0.2, 0) is 24.1 Å². The second kappa shape index (κ2) is 7.75. The predicted octanol–water partition coefficient (Wildman–Crippen LogP) is 0.319. The van der Waals surface area contributed by atoms with Crippen LogP contribution >= 0.6 is 11.6 Å². The van der Waals surface area contributed by atoms with Gasteiger partial charge in [-0.1, -0.05) is 29.8 Å². The van der Waals surface area contributed by atoms with E-state index in [1.165, 1.54) is 14.1 Å². The summed E-state index contributed by atoms with van der Waals surface area (Å²) in [7, 11) is 2.10. The zero-order chi connectivity index (χ0) is 19.6. The second-order valence-corrected chi connectivity index (χ2v) is 8.25. The summed E-state index contributed by atoms with van der Waals surface area (Å²) >= 11 is 6.22. The van der Waals surface area contributed by atoms with Crippen LogP contribution in [0.1, 0.15) is 11.6 Å². The van der Waals surface area contributed by atoms with Crippen LogP contribution in [0.25, 0.3) is 0 Å². The Morgan fingerprint density at radius 3 is 2.38 bits per heavy atom. The molecule has 0 radical (unpaired) electrons. The highest BCUT2D eigenvalue weighted by molar-refractivity contribution is 7.89. The zero-order valence-electron chi connectivity index (χ0n) is 14.9. The monoisotopic (exact) mass is 400 g/mol. The van der Waals surface area contributed by atoms with Gasteiger partial charge in [0.1, 0.15) is 0 Å². The molecule has 0 amide bonds. The molecule has 0 spiro atoms. The first-order valence-corrected chi connectivity index (χ1v) is 9.59. The van der Waals surface area contributed by atoms with Crippen LogP contribution in [0.5, 0.6) is 0 Å². The fourth-order valence-electron chi connectivity index (χ4n) is 2.54. The Morgan fingerprint density at radius 2 is 1.81 bits per heavy atom. The maximum absolute atomic E-state index is 12.6. The number of aromatic nitrogens is 2. The van der Waals surface area contributed by atoms with Crippen molar-refractivity contribution in [2.45, 2.75) is 10.9 Å². The topological polar surface area (TPSA) is 93.4 Å². The van der Waals surface area contributed by atoms with E-state index in [1.54, 1.807) is 26.2 Å². The lowest BCUT2D eigenvalue weighted by atomic mass is 10.1. The number of nitrogens with one attached hydrogen (secondary N) is 1. The summed E-state index contributed by atoms with van der Waals surface area (Å²) in [5, 5.41) is 0.517. The van der Waals surface area contributed by atoms with Crippen LogP contribution in [0.3, 0.4) is 0 Å². The van der Waals surface area contributed by atoms with Gasteiger partial charge in [-0.3, -0.25) is 9.36 Å². The molecular formula is C16H21ClN4O4S. The summed E-state index contributed by atoms with van der Waals surface area (Å²) in [6.45, 7) is 0.00502. The van der Waals surface area contributed by atoms with E-state index in [0.717, 1.165) is 20.9 Å². The Labute approximate surface area is 156 Å². The molecule has 0 aliphatic heterocycles. The van der Waals surface area contributed by atoms with Gasteiger partial charge in [-0.25, -0.2) is 17.9 Å². The SMILES string of the molecule is CN(C)C(CNS(=O)(=O)c1cn(C)c(=O)n(C)c1=O)c1ccccc1Cl. The van der Waals surface area contributed by atoms with Crippen LogP contribution in [-0.4, -0.2) is 43.1 Å². The Kier molecular flexibility index (Phi) is 6.07. The Bertz CT molecular complexity index is 1030. The molecule has 2 rings (SSSR count). The van der Waals surface area contributed by atoms with Gasteiger partial charge in [0, 0.05) is 37.9 Å². The van der Waals surface area contributed by atoms with Gasteiger partial charge in [-0.2, -0.15) is 0 Å². The molecule has 1 N–H and O–H groups in total. The lowest BCUT2D eigenvalue weighted by molar-refractivity contribution is 0.299. The van der Waals surface area contributed by atoms with Crippen molar-refractivity contribution in [2.75, 3.05) is 20.6 Å². The third-order valence-corrected chi connectivity index (χ3v) is 5.81. The summed E-state index contributed by atoms with van der Waals surface area (Å²) in [5.41, 5.74) is -0.717. The molecule has 0 saturated carbocycles. The van der Waals surface area contributed by atoms with Crippen molar-refractivity contribution >= 4 is 21.6 Å². The maximum atomic E-state index is 12.6. The highest BCUT2D eigenvalue weighted by Crippen LogP contribution is 2.25. The van der Waals surface area contributed by atoms with E-state index in [1.807, 2.05) is 17.0 Å². The normalized spacial score (nSPS) is 13.2. The van der Waals surface area contributed by atoms with Crippen molar-refractivity contribution in [2.24, 2.45) is 14.1 Å². The highest BCUT2D eigenvalue weighted by Gasteiger charge is 2.24. The van der Waals surface area contributed by atoms with E-state index in [0.29, 0.717) is 5.02 Å². The molecule has 0 saturated heterocycles. The van der Waals surface area contributed by atoms with Crippen molar-refractivity contribution in [3.63, 3.8) is 0 Å². The van der Waals surface area contributed by atoms with E-state index < -0.39 is 26.2 Å². The molecule has 10 heteroatoms. The van der Waals surface area contributed by atoms with Crippen LogP contribution in [0, 0.1) is 0 Å². The third kappa shape index (κ3) is 4.07. The first-order chi connectivity index (χ1) is 12.1. The molecule has 0 bridgehead atoms. The van der Waals surface area contributed by atoms with Crippen LogP contribution in [0.2, 0.25) is 5.02 Å². The zero-order valence-corrected chi connectivity index (χ0v) is 16.5. The van der Waals surface area contributed by atoms with Gasteiger partial charge in [-0.15, -0.1) is 0 Å². The van der Waals surface area contributed by atoms with E-state index >= 15 is 0 Å². The average Bonchev–Trinajstić information content (AvgIpc) is 2.57. The summed E-state index contributed by atoms with van der Waals surface area (Å²) < 4.78 is 29.5. The Balaban J connectivity index is 2.37. The molecule has 1 aromatic heterocycles. The molecule has 8 nitrogen and oxygen atoms in total. The van der Waals surface area contributed by atoms with Gasteiger partial charge in [0.2, 0.25) is 10.0 Å². The molecule has 1 atom stereocenters. The van der Waals surface area contributed by atoms with Crippen molar-refractivity contribution in [3.8, 4) is 0 Å². The molecule has 1 heterocycles. The number of halogens is 1. The summed E-state index contributed by atoms with van der Waals surface area (Å²) in [6, 6.07) is 6.80. The first-order valence-electron chi connectivity index (χ1n) is 7.73. The number of aryl methyl sites for hydroxylation is 1. The fraction of sp³-hybridized carbons (Fsp3) is 0.375. The quantitative estimate of drug-likeness (QED) is 0.753. The molecule has 1 unspecified atom stereocenters. The van der Waals surface area contributed by atoms with Crippen LogP contribution < -0.4 is 16.0 Å². The number of sulfonamides is 1. The number of rotatable bonds is 6. The summed E-state index contributed by atoms with van der Waals surface area (Å²) in [5.74, 6) is 0. The fourth-order valence-corrected chi connectivity index (χ4v) is 4.00. The molecular weight excluding hydrogens is 380 g/mol. The number of likely N-dealkylation sites (N-methyl/N-ethyl adjacent to an activating group) is 1. The molecule has 1 aromatic carbocycles.